The molecule has 4 aliphatic heterocycles. The molecule has 8 aromatic carbocycles. The Morgan fingerprint density at radius 2 is 0.832 bits per heavy atom. The summed E-state index contributed by atoms with van der Waals surface area (Å²) in [4.78, 5) is 88.8. The van der Waals surface area contributed by atoms with Gasteiger partial charge in [-0.15, -0.1) is 0 Å². The van der Waals surface area contributed by atoms with E-state index in [9.17, 15) is 29.5 Å². The number of benzene rings is 8. The SMILES string of the molecule is CN1CCN(Cc2c(-c3ccc(Cl)cc3)nc3ccc(-c4ccccc4C#N)cn23)CC1=O.Cn1ccnc1C(=O)N1CCN(Cc2c(-c3ccc(Cl)cc3)nc3ccc(-c4ccccc4)cn23)CC1.O=C(c1cc[nH]c(=O)c1)N1CCN(Cc2c(-c3ccc(Cl)cc3)nc3ccc(-c4ccccc4)cn23)CC1.OC(c1c(-c2ccc(Cl)cc2)nc2ccc(-c3ccccc3)cn12)C1CCCN1. The smallest absolute Gasteiger partial charge is 0.289 e. The fraction of sp³-hybridized carbons (Fsp3) is 0.193. The summed E-state index contributed by atoms with van der Waals surface area (Å²) >= 11 is 24.5. The first-order chi connectivity index (χ1) is 66.8. The normalized spacial score (nSPS) is 15.1. The number of rotatable bonds is 18. The van der Waals surface area contributed by atoms with Crippen molar-refractivity contribution < 1.29 is 19.5 Å². The van der Waals surface area contributed by atoms with E-state index in [1.165, 1.54) is 17.8 Å². The maximum absolute atomic E-state index is 12.9. The predicted molar refractivity (Wildman–Crippen MR) is 541 cm³/mol. The molecule has 3 amide bonds. The summed E-state index contributed by atoms with van der Waals surface area (Å²) in [5.74, 6) is 0.469. The van der Waals surface area contributed by atoms with E-state index in [4.69, 9.17) is 66.3 Å². The lowest BCUT2D eigenvalue weighted by atomic mass is 10.0. The molecule has 0 aliphatic carbocycles. The molecule has 0 bridgehead atoms. The molecule has 4 fully saturated rings. The third-order valence-electron chi connectivity index (χ3n) is 25.7. The average molecular weight is 1890 g/mol. The fourth-order valence-corrected chi connectivity index (χ4v) is 18.8. The van der Waals surface area contributed by atoms with Crippen molar-refractivity contribution in [2.75, 3.05) is 85.6 Å². The van der Waals surface area contributed by atoms with Crippen molar-refractivity contribution in [2.24, 2.45) is 7.05 Å². The topological polar surface area (TPSA) is 247 Å². The third kappa shape index (κ3) is 20.6. The van der Waals surface area contributed by atoms with E-state index in [1.54, 1.807) is 27.9 Å². The number of aliphatic hydroxyl groups excluding tert-OH is 1. The molecule has 0 spiro atoms. The number of nitrogens with one attached hydrogen (secondary N) is 2. The highest BCUT2D eigenvalue weighted by Gasteiger charge is 2.33. The number of hydrogen-bond acceptors (Lipinski definition) is 15. The summed E-state index contributed by atoms with van der Waals surface area (Å²) in [6, 6.07) is 91.2. The van der Waals surface area contributed by atoms with Gasteiger partial charge >= 0.3 is 0 Å². The maximum atomic E-state index is 12.9. The minimum absolute atomic E-state index is 0.0173. The molecular weight excluding hydrogens is 1800 g/mol. The molecule has 2 atom stereocenters. The summed E-state index contributed by atoms with van der Waals surface area (Å²) in [6.45, 7) is 10.3. The Labute approximate surface area is 812 Å². The van der Waals surface area contributed by atoms with Gasteiger partial charge < -0.3 is 52.3 Å². The Morgan fingerprint density at radius 1 is 0.438 bits per heavy atom. The number of imidazole rings is 5. The van der Waals surface area contributed by atoms with Crippen molar-refractivity contribution in [2.45, 2.75) is 44.6 Å². The van der Waals surface area contributed by atoms with Gasteiger partial charge in [0.25, 0.3) is 11.8 Å². The van der Waals surface area contributed by atoms with Gasteiger partial charge in [-0.1, -0.05) is 204 Å². The summed E-state index contributed by atoms with van der Waals surface area (Å²) in [5, 5.41) is 27.1. The Morgan fingerprint density at radius 3 is 1.26 bits per heavy atom. The summed E-state index contributed by atoms with van der Waals surface area (Å²) in [7, 11) is 3.69. The second-order valence-electron chi connectivity index (χ2n) is 34.5. The number of hydrogen-bond donors (Lipinski definition) is 3. The molecule has 24 nitrogen and oxygen atoms in total. The molecule has 686 valence electrons. The Hall–Kier alpha value is -14.5. The molecule has 0 saturated carbocycles. The van der Waals surface area contributed by atoms with Gasteiger partial charge in [-0.3, -0.25) is 33.9 Å². The van der Waals surface area contributed by atoms with Crippen molar-refractivity contribution >= 4 is 86.7 Å². The third-order valence-corrected chi connectivity index (χ3v) is 26.7. The first-order valence-electron chi connectivity index (χ1n) is 45.7. The molecule has 3 N–H and O–H groups in total. The second-order valence-corrected chi connectivity index (χ2v) is 36.3. The van der Waals surface area contributed by atoms with Crippen LogP contribution in [-0.2, 0) is 31.5 Å². The van der Waals surface area contributed by atoms with Crippen LogP contribution in [0.2, 0.25) is 20.1 Å². The molecule has 18 aromatic rings. The first-order valence-corrected chi connectivity index (χ1v) is 47.2. The van der Waals surface area contributed by atoms with E-state index in [0.29, 0.717) is 89.4 Å². The van der Waals surface area contributed by atoms with Crippen molar-refractivity contribution in [3.63, 3.8) is 0 Å². The van der Waals surface area contributed by atoms with E-state index in [-0.39, 0.29) is 29.3 Å². The zero-order chi connectivity index (χ0) is 94.2. The molecule has 0 radical (unpaired) electrons. The molecular formula is C109H97Cl4N19O5. The van der Waals surface area contributed by atoms with Crippen molar-refractivity contribution in [3.8, 4) is 95.6 Å². The van der Waals surface area contributed by atoms with Crippen LogP contribution >= 0.6 is 46.4 Å². The fourth-order valence-electron chi connectivity index (χ4n) is 18.3. The lowest BCUT2D eigenvalue weighted by Crippen LogP contribution is -2.48. The van der Waals surface area contributed by atoms with E-state index in [0.717, 1.165) is 188 Å². The quantitative estimate of drug-likeness (QED) is 0.0723. The van der Waals surface area contributed by atoms with Crippen LogP contribution in [0.3, 0.4) is 0 Å². The average Bonchev–Trinajstić information content (AvgIpc) is 1.61. The van der Waals surface area contributed by atoms with Crippen LogP contribution < -0.4 is 10.9 Å². The number of likely N-dealkylation sites (N-methyl/N-ethyl adjacent to an activating group) is 1. The number of H-pyrrole nitrogens is 1. The Bertz CT molecular complexity index is 7490. The number of nitriles is 1. The number of aryl methyl sites for hydroxylation is 1. The minimum atomic E-state index is -0.649. The molecule has 10 aromatic heterocycles. The number of nitrogens with zero attached hydrogens (tertiary/aromatic N) is 17. The van der Waals surface area contributed by atoms with Gasteiger partial charge in [0.2, 0.25) is 11.5 Å². The van der Waals surface area contributed by atoms with E-state index in [2.05, 4.69) is 147 Å². The highest BCUT2D eigenvalue weighted by molar-refractivity contribution is 6.31. The summed E-state index contributed by atoms with van der Waals surface area (Å²) in [6.07, 6.45) is 14.8. The highest BCUT2D eigenvalue weighted by atomic mass is 35.5. The summed E-state index contributed by atoms with van der Waals surface area (Å²) in [5.41, 5.74) is 24.4. The van der Waals surface area contributed by atoms with Crippen LogP contribution in [0.5, 0.6) is 0 Å². The van der Waals surface area contributed by atoms with E-state index in [1.807, 2.05) is 216 Å². The van der Waals surface area contributed by atoms with Crippen LogP contribution in [0.4, 0.5) is 0 Å². The van der Waals surface area contributed by atoms with Gasteiger partial charge in [0, 0.05) is 208 Å². The molecule has 28 heteroatoms. The summed E-state index contributed by atoms with van der Waals surface area (Å²) < 4.78 is 10.3. The van der Waals surface area contributed by atoms with Gasteiger partial charge in [0.05, 0.1) is 63.7 Å². The van der Waals surface area contributed by atoms with Gasteiger partial charge in [0.15, 0.2) is 5.82 Å². The number of amides is 3. The standard InChI is InChI=1S/C30H26ClN5O2.C29H27ClN6O.C26H22ClN5O.C24H22ClN3O/c31-25-9-6-22(7-10-25)29-26(36-19-24(8-11-27(36)33-29)21-4-2-1-3-5-21)20-34-14-16-35(17-15-34)30(38)23-12-13-32-28(37)18-23;1-33-14-13-31-28(33)29(37)35-17-15-34(16-18-35)20-25-27(22-7-10-24(30)11-8-22)32-26-12-9-23(19-36(25)26)21-5-3-2-4-6-21;1-30-12-13-31(17-25(30)33)16-23-26(18-6-9-21(27)10-7-18)29-24-11-8-20(15-32(23)24)22-5-3-2-4-19(22)14-28;25-19-11-8-17(9-12-19)22-23(24(29)20-7-4-14-26-20)28-15-18(10-13-21(28)27-22)16-5-2-1-3-6-16/h1-13,18-19H,14-17,20H2,(H,32,37);2-14,19H,15-18,20H2,1H3;2-11,15H,12-13,16-17H2,1H3;1-3,5-6,8-13,15,20,24,26,29H,4,7,14H2. The lowest BCUT2D eigenvalue weighted by molar-refractivity contribution is -0.134. The first kappa shape index (κ1) is 91.6. The maximum Gasteiger partial charge on any atom is 0.289 e. The number of pyridine rings is 5. The molecule has 14 heterocycles. The van der Waals surface area contributed by atoms with Crippen LogP contribution in [0.25, 0.3) is 112 Å². The van der Waals surface area contributed by atoms with Gasteiger partial charge in [-0.25, -0.2) is 24.9 Å². The van der Waals surface area contributed by atoms with Crippen molar-refractivity contribution in [3.05, 3.63) is 387 Å². The highest BCUT2D eigenvalue weighted by Crippen LogP contribution is 2.39. The van der Waals surface area contributed by atoms with Crippen molar-refractivity contribution in [1.29, 1.82) is 5.26 Å². The molecule has 137 heavy (non-hydrogen) atoms. The lowest BCUT2D eigenvalue weighted by Gasteiger charge is -2.34. The number of piperazine rings is 3. The molecule has 4 aliphatic rings. The number of carbonyl (C=O) groups is 3. The zero-order valence-electron chi connectivity index (χ0n) is 75.4. The number of aromatic nitrogens is 11. The van der Waals surface area contributed by atoms with Gasteiger partial charge in [0.1, 0.15) is 28.7 Å². The van der Waals surface area contributed by atoms with Crippen LogP contribution in [0.1, 0.15) is 68.3 Å². The monoisotopic (exact) mass is 1890 g/mol. The van der Waals surface area contributed by atoms with Gasteiger partial charge in [-0.05, 0) is 168 Å². The van der Waals surface area contributed by atoms with Crippen LogP contribution in [0.15, 0.2) is 321 Å². The number of carbonyl (C=O) groups excluding carboxylic acids is 3. The number of halogens is 4. The largest absolute Gasteiger partial charge is 0.385 e. The molecule has 22 rings (SSSR count). The number of fused-ring (bicyclic) bond motifs is 4. The second kappa shape index (κ2) is 41.4. The predicted octanol–water partition coefficient (Wildman–Crippen LogP) is 19.6. The van der Waals surface area contributed by atoms with Crippen LogP contribution in [-0.4, -0.2) is 196 Å². The molecule has 4 saturated heterocycles. The Kier molecular flexibility index (Phi) is 27.7. The number of aliphatic hydroxyl groups is 1. The van der Waals surface area contributed by atoms with Crippen LogP contribution in [0, 0.1) is 11.3 Å². The minimum Gasteiger partial charge on any atom is -0.385 e. The Balaban J connectivity index is 0.000000117. The van der Waals surface area contributed by atoms with Gasteiger partial charge in [-0.2, -0.15) is 5.26 Å². The molecule has 2 unspecified atom stereocenters. The van der Waals surface area contributed by atoms with E-state index >= 15 is 0 Å². The van der Waals surface area contributed by atoms with E-state index < -0.39 is 6.10 Å². The van der Waals surface area contributed by atoms with Crippen molar-refractivity contribution in [1.82, 2.24) is 86.8 Å². The number of aromatic amines is 1. The zero-order valence-corrected chi connectivity index (χ0v) is 78.4.